The summed E-state index contributed by atoms with van der Waals surface area (Å²) in [6, 6.07) is 4.86. The van der Waals surface area contributed by atoms with Crippen LogP contribution in [0.5, 0.6) is 5.75 Å². The van der Waals surface area contributed by atoms with Crippen LogP contribution >= 0.6 is 0 Å². The molecule has 0 unspecified atom stereocenters. The van der Waals surface area contributed by atoms with Crippen LogP contribution in [0.2, 0.25) is 0 Å². The number of carbonyl (C=O) groups is 2. The van der Waals surface area contributed by atoms with Crippen LogP contribution in [0.25, 0.3) is 0 Å². The van der Waals surface area contributed by atoms with Crippen molar-refractivity contribution < 1.29 is 35.1 Å². The summed E-state index contributed by atoms with van der Waals surface area (Å²) in [5.74, 6) is -2.93. The zero-order valence-electron chi connectivity index (χ0n) is 11.2. The minimum absolute atomic E-state index is 0.0635. The fraction of sp³-hybridized carbons (Fsp3) is 0.385. The minimum atomic E-state index is -2.25. The molecule has 8 heteroatoms. The number of rotatable bonds is 6. The number of hydrogen-bond donors (Lipinski definition) is 6. The Morgan fingerprint density at radius 3 is 2.29 bits per heavy atom. The summed E-state index contributed by atoms with van der Waals surface area (Å²) in [4.78, 5) is 22.0. The lowest BCUT2D eigenvalue weighted by Gasteiger charge is -2.23. The number of phenols is 1. The third kappa shape index (κ3) is 4.42. The Morgan fingerprint density at radius 1 is 1.14 bits per heavy atom. The van der Waals surface area contributed by atoms with Gasteiger partial charge >= 0.3 is 5.97 Å². The molecule has 116 valence electrons. The van der Waals surface area contributed by atoms with Crippen molar-refractivity contribution in [3.05, 3.63) is 29.8 Å². The van der Waals surface area contributed by atoms with Crippen molar-refractivity contribution in [1.29, 1.82) is 0 Å². The molecular weight excluding hydrogens is 282 g/mol. The van der Waals surface area contributed by atoms with Gasteiger partial charge in [-0.05, 0) is 24.6 Å². The number of aliphatic carboxylic acids is 1. The number of carboxylic acids is 1. The molecule has 4 atom stereocenters. The molecule has 0 saturated carbocycles. The van der Waals surface area contributed by atoms with Gasteiger partial charge in [0.1, 0.15) is 5.75 Å². The van der Waals surface area contributed by atoms with E-state index in [-0.39, 0.29) is 5.75 Å². The van der Waals surface area contributed by atoms with Gasteiger partial charge in [-0.1, -0.05) is 12.1 Å². The van der Waals surface area contributed by atoms with Gasteiger partial charge in [-0.15, -0.1) is 0 Å². The molecule has 1 rings (SSSR count). The molecule has 1 amide bonds. The first kappa shape index (κ1) is 16.9. The SMILES string of the molecule is C[C@H](NC(=O)[C@@H](O)[C@H](O)C(=O)O)[C@H](O)c1cccc(O)c1. The predicted octanol–water partition coefficient (Wildman–Crippen LogP) is -1.26. The second-order valence-electron chi connectivity index (χ2n) is 4.56. The van der Waals surface area contributed by atoms with Crippen LogP contribution in [0.4, 0.5) is 0 Å². The summed E-state index contributed by atoms with van der Waals surface area (Å²) in [6.07, 6.45) is -5.59. The summed E-state index contributed by atoms with van der Waals surface area (Å²) >= 11 is 0. The second kappa shape index (κ2) is 7.02. The van der Waals surface area contributed by atoms with E-state index in [2.05, 4.69) is 5.32 Å². The molecule has 0 aliphatic rings. The maximum Gasteiger partial charge on any atom is 0.335 e. The van der Waals surface area contributed by atoms with Crippen molar-refractivity contribution in [1.82, 2.24) is 5.32 Å². The molecule has 0 radical (unpaired) electrons. The van der Waals surface area contributed by atoms with Crippen LogP contribution in [0.3, 0.4) is 0 Å². The van der Waals surface area contributed by atoms with Crippen LogP contribution in [0, 0.1) is 0 Å². The van der Waals surface area contributed by atoms with Crippen molar-refractivity contribution in [2.45, 2.75) is 31.3 Å². The van der Waals surface area contributed by atoms with E-state index in [9.17, 15) is 24.9 Å². The van der Waals surface area contributed by atoms with Gasteiger partial charge in [-0.2, -0.15) is 0 Å². The quantitative estimate of drug-likeness (QED) is 0.384. The number of carbonyl (C=O) groups excluding carboxylic acids is 1. The van der Waals surface area contributed by atoms with Gasteiger partial charge in [0.15, 0.2) is 12.2 Å². The number of benzene rings is 1. The fourth-order valence-electron chi connectivity index (χ4n) is 1.66. The lowest BCUT2D eigenvalue weighted by atomic mass is 10.0. The maximum absolute atomic E-state index is 11.6. The molecule has 0 aromatic heterocycles. The molecule has 8 nitrogen and oxygen atoms in total. The minimum Gasteiger partial charge on any atom is -0.508 e. The van der Waals surface area contributed by atoms with Crippen LogP contribution in [-0.4, -0.2) is 55.7 Å². The third-order valence-corrected chi connectivity index (χ3v) is 2.88. The predicted molar refractivity (Wildman–Crippen MR) is 70.3 cm³/mol. The monoisotopic (exact) mass is 299 g/mol. The fourth-order valence-corrected chi connectivity index (χ4v) is 1.66. The van der Waals surface area contributed by atoms with Crippen LogP contribution in [-0.2, 0) is 9.59 Å². The van der Waals surface area contributed by atoms with Gasteiger partial charge in [-0.25, -0.2) is 4.79 Å². The Labute approximate surface area is 120 Å². The highest BCUT2D eigenvalue weighted by molar-refractivity contribution is 5.87. The first-order valence-electron chi connectivity index (χ1n) is 6.10. The zero-order chi connectivity index (χ0) is 16.2. The number of hydrogen-bond acceptors (Lipinski definition) is 6. The third-order valence-electron chi connectivity index (χ3n) is 2.88. The number of aliphatic hydroxyl groups is 3. The van der Waals surface area contributed by atoms with E-state index >= 15 is 0 Å². The highest BCUT2D eigenvalue weighted by Crippen LogP contribution is 2.20. The lowest BCUT2D eigenvalue weighted by molar-refractivity contribution is -0.158. The molecular formula is C13H17NO7. The van der Waals surface area contributed by atoms with Crippen molar-refractivity contribution in [2.24, 2.45) is 0 Å². The molecule has 1 aromatic rings. The van der Waals surface area contributed by atoms with Gasteiger partial charge in [0.25, 0.3) is 5.91 Å². The van der Waals surface area contributed by atoms with Crippen LogP contribution in [0.15, 0.2) is 24.3 Å². The summed E-state index contributed by atoms with van der Waals surface area (Å²) in [5, 5.41) is 48.4. The first-order chi connectivity index (χ1) is 9.73. The summed E-state index contributed by atoms with van der Waals surface area (Å²) in [5.41, 5.74) is 0.330. The molecule has 0 aliphatic carbocycles. The van der Waals surface area contributed by atoms with E-state index in [4.69, 9.17) is 10.2 Å². The Bertz CT molecular complexity index is 519. The maximum atomic E-state index is 11.6. The number of amides is 1. The highest BCUT2D eigenvalue weighted by Gasteiger charge is 2.31. The molecule has 1 aromatic carbocycles. The molecule has 21 heavy (non-hydrogen) atoms. The average molecular weight is 299 g/mol. The molecule has 0 heterocycles. The smallest absolute Gasteiger partial charge is 0.335 e. The van der Waals surface area contributed by atoms with Crippen molar-refractivity contribution >= 4 is 11.9 Å². The average Bonchev–Trinajstić information content (AvgIpc) is 2.44. The molecule has 0 bridgehead atoms. The molecule has 0 saturated heterocycles. The standard InChI is InChI=1S/C13H17NO7/c1-6(9(16)7-3-2-4-8(15)5-7)14-12(19)10(17)11(18)13(20)21/h2-6,9-11,15-18H,1H3,(H,14,19)(H,20,21)/t6-,9-,10-,11-/m0/s1. The van der Waals surface area contributed by atoms with Gasteiger partial charge in [-0.3, -0.25) is 4.79 Å². The Balaban J connectivity index is 2.70. The lowest BCUT2D eigenvalue weighted by Crippen LogP contribution is -2.49. The largest absolute Gasteiger partial charge is 0.508 e. The van der Waals surface area contributed by atoms with Crippen LogP contribution in [0.1, 0.15) is 18.6 Å². The van der Waals surface area contributed by atoms with E-state index in [1.807, 2.05) is 0 Å². The van der Waals surface area contributed by atoms with Gasteiger partial charge in [0, 0.05) is 0 Å². The number of nitrogens with one attached hydrogen (secondary N) is 1. The zero-order valence-corrected chi connectivity index (χ0v) is 11.2. The summed E-state index contributed by atoms with van der Waals surface area (Å²) in [7, 11) is 0. The number of aromatic hydroxyl groups is 1. The van der Waals surface area contributed by atoms with E-state index in [1.54, 1.807) is 0 Å². The van der Waals surface area contributed by atoms with Gasteiger partial charge < -0.3 is 30.8 Å². The van der Waals surface area contributed by atoms with E-state index < -0.39 is 36.2 Å². The van der Waals surface area contributed by atoms with E-state index in [1.165, 1.54) is 31.2 Å². The normalized spacial score (nSPS) is 16.6. The van der Waals surface area contributed by atoms with Crippen molar-refractivity contribution in [3.63, 3.8) is 0 Å². The summed E-state index contributed by atoms with van der Waals surface area (Å²) in [6.45, 7) is 1.42. The van der Waals surface area contributed by atoms with Gasteiger partial charge in [0.05, 0.1) is 12.1 Å². The molecule has 0 spiro atoms. The summed E-state index contributed by atoms with van der Waals surface area (Å²) < 4.78 is 0. The van der Waals surface area contributed by atoms with Crippen LogP contribution < -0.4 is 5.32 Å². The van der Waals surface area contributed by atoms with E-state index in [0.29, 0.717) is 5.56 Å². The second-order valence-corrected chi connectivity index (χ2v) is 4.56. The molecule has 0 aliphatic heterocycles. The Morgan fingerprint density at radius 2 is 1.76 bits per heavy atom. The Hall–Kier alpha value is -2.16. The number of carboxylic acid groups (broad SMARTS) is 1. The van der Waals surface area contributed by atoms with Gasteiger partial charge in [0.2, 0.25) is 0 Å². The van der Waals surface area contributed by atoms with E-state index in [0.717, 1.165) is 0 Å². The molecule has 0 fully saturated rings. The highest BCUT2D eigenvalue weighted by atomic mass is 16.4. The molecule has 6 N–H and O–H groups in total. The first-order valence-corrected chi connectivity index (χ1v) is 6.10. The van der Waals surface area contributed by atoms with Crippen molar-refractivity contribution in [3.8, 4) is 5.75 Å². The number of phenolic OH excluding ortho intramolecular Hbond substituents is 1. The Kier molecular flexibility index (Phi) is 5.65. The van der Waals surface area contributed by atoms with Crippen molar-refractivity contribution in [2.75, 3.05) is 0 Å². The topological polar surface area (TPSA) is 147 Å². The number of aliphatic hydroxyl groups excluding tert-OH is 3.